The predicted octanol–water partition coefficient (Wildman–Crippen LogP) is 3.87. The average molecular weight is 338 g/mol. The second-order valence-electron chi connectivity index (χ2n) is 8.11. The van der Waals surface area contributed by atoms with Crippen LogP contribution in [0.5, 0.6) is 0 Å². The molecule has 1 saturated heterocycles. The van der Waals surface area contributed by atoms with Crippen LogP contribution >= 0.6 is 0 Å². The van der Waals surface area contributed by atoms with Crippen LogP contribution in [0.2, 0.25) is 0 Å². The number of imidazole rings is 1. The highest BCUT2D eigenvalue weighted by Crippen LogP contribution is 2.56. The Balaban J connectivity index is 1.55. The van der Waals surface area contributed by atoms with Crippen molar-refractivity contribution in [2.24, 2.45) is 11.8 Å². The summed E-state index contributed by atoms with van der Waals surface area (Å²) in [5.74, 6) is 0.624. The molecule has 4 heteroatoms. The minimum Gasteiger partial charge on any atom is -0.347 e. The number of para-hydroxylation sites is 1. The van der Waals surface area contributed by atoms with E-state index in [9.17, 15) is 0 Å². The lowest BCUT2D eigenvalue weighted by atomic mass is 9.55. The van der Waals surface area contributed by atoms with E-state index in [-0.39, 0.29) is 11.2 Å². The van der Waals surface area contributed by atoms with Crippen molar-refractivity contribution in [1.82, 2.24) is 9.55 Å². The maximum Gasteiger partial charge on any atom is 0.171 e. The van der Waals surface area contributed by atoms with Gasteiger partial charge >= 0.3 is 0 Å². The molecule has 0 N–H and O–H groups in total. The summed E-state index contributed by atoms with van der Waals surface area (Å²) in [4.78, 5) is 4.92. The van der Waals surface area contributed by atoms with Crippen molar-refractivity contribution in [2.45, 2.75) is 50.7 Å². The summed E-state index contributed by atoms with van der Waals surface area (Å²) in [6.07, 6.45) is 6.33. The molecule has 1 aliphatic heterocycles. The van der Waals surface area contributed by atoms with Crippen LogP contribution in [0.1, 0.15) is 44.5 Å². The van der Waals surface area contributed by atoms with Crippen LogP contribution in [0.3, 0.4) is 0 Å². The second kappa shape index (κ2) is 5.42. The Labute approximate surface area is 149 Å². The van der Waals surface area contributed by atoms with E-state index in [1.165, 1.54) is 23.5 Å². The van der Waals surface area contributed by atoms with Gasteiger partial charge in [-0.2, -0.15) is 0 Å². The third-order valence-corrected chi connectivity index (χ3v) is 7.02. The minimum atomic E-state index is -0.344. The van der Waals surface area contributed by atoms with Gasteiger partial charge < -0.3 is 14.0 Å². The third kappa shape index (κ3) is 2.10. The molecule has 1 saturated carbocycles. The van der Waals surface area contributed by atoms with Gasteiger partial charge in [-0.3, -0.25) is 0 Å². The maximum absolute atomic E-state index is 6.10. The molecular formula is C21H26N2O2. The number of nitrogens with zero attached hydrogens (tertiary/aromatic N) is 2. The fourth-order valence-corrected chi connectivity index (χ4v) is 5.64. The third-order valence-electron chi connectivity index (χ3n) is 7.02. The Morgan fingerprint density at radius 2 is 1.88 bits per heavy atom. The Kier molecular flexibility index (Phi) is 3.38. The molecule has 1 spiro atoms. The smallest absolute Gasteiger partial charge is 0.171 e. The predicted molar refractivity (Wildman–Crippen MR) is 95.8 cm³/mol. The SMILES string of the molecule is C[C@@H]1[C@H]2CCc3c(ncn3-c3ccccc3)[C@]2(C)CCC12OCCO2. The molecule has 2 aliphatic carbocycles. The van der Waals surface area contributed by atoms with Gasteiger partial charge in [0.1, 0.15) is 0 Å². The van der Waals surface area contributed by atoms with Gasteiger partial charge in [-0.05, 0) is 37.3 Å². The summed E-state index contributed by atoms with van der Waals surface area (Å²) >= 11 is 0. The molecule has 3 atom stereocenters. The summed E-state index contributed by atoms with van der Waals surface area (Å²) in [5.41, 5.74) is 4.02. The summed E-state index contributed by atoms with van der Waals surface area (Å²) in [6.45, 7) is 6.21. The van der Waals surface area contributed by atoms with Crippen molar-refractivity contribution in [3.63, 3.8) is 0 Å². The number of benzene rings is 1. The molecule has 1 aromatic heterocycles. The Morgan fingerprint density at radius 3 is 2.64 bits per heavy atom. The van der Waals surface area contributed by atoms with Gasteiger partial charge in [0.05, 0.1) is 25.2 Å². The fraction of sp³-hybridized carbons (Fsp3) is 0.571. The molecule has 25 heavy (non-hydrogen) atoms. The topological polar surface area (TPSA) is 36.3 Å². The van der Waals surface area contributed by atoms with Crippen LogP contribution in [0.15, 0.2) is 36.7 Å². The van der Waals surface area contributed by atoms with E-state index in [2.05, 4.69) is 48.7 Å². The zero-order chi connectivity index (χ0) is 17.1. The van der Waals surface area contributed by atoms with E-state index < -0.39 is 0 Å². The number of ether oxygens (including phenoxy) is 2. The molecule has 0 amide bonds. The van der Waals surface area contributed by atoms with Crippen LogP contribution < -0.4 is 0 Å². The van der Waals surface area contributed by atoms with E-state index >= 15 is 0 Å². The van der Waals surface area contributed by atoms with Gasteiger partial charge in [0, 0.05) is 29.1 Å². The molecule has 0 bridgehead atoms. The van der Waals surface area contributed by atoms with E-state index in [1.54, 1.807) is 0 Å². The van der Waals surface area contributed by atoms with E-state index in [0.29, 0.717) is 11.8 Å². The summed E-state index contributed by atoms with van der Waals surface area (Å²) in [7, 11) is 0. The quantitative estimate of drug-likeness (QED) is 0.792. The van der Waals surface area contributed by atoms with Crippen molar-refractivity contribution < 1.29 is 9.47 Å². The molecule has 3 aliphatic rings. The van der Waals surface area contributed by atoms with Crippen molar-refractivity contribution in [3.8, 4) is 5.69 Å². The number of hydrogen-bond acceptors (Lipinski definition) is 3. The van der Waals surface area contributed by atoms with E-state index in [4.69, 9.17) is 14.5 Å². The number of fused-ring (bicyclic) bond motifs is 3. The first-order valence-electron chi connectivity index (χ1n) is 9.54. The first-order valence-corrected chi connectivity index (χ1v) is 9.54. The summed E-state index contributed by atoms with van der Waals surface area (Å²) in [6, 6.07) is 10.6. The van der Waals surface area contributed by atoms with Crippen LogP contribution in [0.25, 0.3) is 5.69 Å². The van der Waals surface area contributed by atoms with Crippen molar-refractivity contribution in [2.75, 3.05) is 13.2 Å². The molecule has 1 aromatic carbocycles. The lowest BCUT2D eigenvalue weighted by Gasteiger charge is -2.53. The zero-order valence-corrected chi connectivity index (χ0v) is 15.1. The minimum absolute atomic E-state index is 0.119. The van der Waals surface area contributed by atoms with Gasteiger partial charge in [-0.15, -0.1) is 0 Å². The first-order chi connectivity index (χ1) is 12.1. The zero-order valence-electron chi connectivity index (χ0n) is 15.1. The molecular weight excluding hydrogens is 312 g/mol. The van der Waals surface area contributed by atoms with Crippen LogP contribution in [0.4, 0.5) is 0 Å². The Hall–Kier alpha value is -1.65. The van der Waals surface area contributed by atoms with Crippen molar-refractivity contribution in [1.29, 1.82) is 0 Å². The standard InChI is InChI=1S/C21H26N2O2/c1-15-17-8-9-18-19(22-14-23(18)16-6-4-3-5-7-16)20(17,2)10-11-21(15)24-12-13-25-21/h3-7,14-15,17H,8-13H2,1-2H3/t15-,17-,20-/m1/s1. The van der Waals surface area contributed by atoms with Crippen LogP contribution in [0, 0.1) is 11.8 Å². The number of rotatable bonds is 1. The lowest BCUT2D eigenvalue weighted by Crippen LogP contribution is -2.55. The Morgan fingerprint density at radius 1 is 1.12 bits per heavy atom. The van der Waals surface area contributed by atoms with Crippen molar-refractivity contribution in [3.05, 3.63) is 48.0 Å². The van der Waals surface area contributed by atoms with Crippen LogP contribution in [-0.4, -0.2) is 28.6 Å². The van der Waals surface area contributed by atoms with Crippen molar-refractivity contribution >= 4 is 0 Å². The first kappa shape index (κ1) is 15.6. The number of aromatic nitrogens is 2. The Bertz CT molecular complexity index is 778. The molecule has 2 heterocycles. The molecule has 2 fully saturated rings. The largest absolute Gasteiger partial charge is 0.347 e. The highest BCUT2D eigenvalue weighted by Gasteiger charge is 2.57. The van der Waals surface area contributed by atoms with Gasteiger partial charge in [0.15, 0.2) is 5.79 Å². The van der Waals surface area contributed by atoms with Gasteiger partial charge in [0.25, 0.3) is 0 Å². The maximum atomic E-state index is 6.10. The molecule has 4 nitrogen and oxygen atoms in total. The average Bonchev–Trinajstić information content (AvgIpc) is 3.28. The van der Waals surface area contributed by atoms with E-state index in [1.807, 2.05) is 6.33 Å². The molecule has 5 rings (SSSR count). The molecule has 132 valence electrons. The van der Waals surface area contributed by atoms with Gasteiger partial charge in [-0.1, -0.05) is 32.0 Å². The molecule has 2 aromatic rings. The lowest BCUT2D eigenvalue weighted by molar-refractivity contribution is -0.234. The summed E-state index contributed by atoms with van der Waals surface area (Å²) < 4.78 is 14.5. The highest BCUT2D eigenvalue weighted by molar-refractivity contribution is 5.39. The highest BCUT2D eigenvalue weighted by atomic mass is 16.7. The van der Waals surface area contributed by atoms with Crippen LogP contribution in [-0.2, 0) is 21.3 Å². The fourth-order valence-electron chi connectivity index (χ4n) is 5.64. The van der Waals surface area contributed by atoms with Gasteiger partial charge in [0.2, 0.25) is 0 Å². The second-order valence-corrected chi connectivity index (χ2v) is 8.11. The monoisotopic (exact) mass is 338 g/mol. The molecule has 0 unspecified atom stereocenters. The van der Waals surface area contributed by atoms with Gasteiger partial charge in [-0.25, -0.2) is 4.98 Å². The normalized spacial score (nSPS) is 33.2. The summed E-state index contributed by atoms with van der Waals surface area (Å²) in [5, 5.41) is 0. The number of hydrogen-bond donors (Lipinski definition) is 0. The van der Waals surface area contributed by atoms with E-state index in [0.717, 1.165) is 32.5 Å². The molecule has 0 radical (unpaired) electrons.